The van der Waals surface area contributed by atoms with E-state index in [0.717, 1.165) is 58.9 Å². The highest BCUT2D eigenvalue weighted by Gasteiger charge is 2.21. The number of sulfonamides is 1. The Bertz CT molecular complexity index is 1640. The first-order valence-corrected chi connectivity index (χ1v) is 15.8. The quantitative estimate of drug-likeness (QED) is 0.145. The second-order valence-corrected chi connectivity index (χ2v) is 13.2. The zero-order valence-corrected chi connectivity index (χ0v) is 26.3. The Morgan fingerprint density at radius 3 is 1.77 bits per heavy atom. The van der Waals surface area contributed by atoms with Gasteiger partial charge in [0.05, 0.1) is 18.1 Å². The molecule has 0 saturated carbocycles. The van der Waals surface area contributed by atoms with Crippen LogP contribution in [0.2, 0.25) is 0 Å². The van der Waals surface area contributed by atoms with Crippen LogP contribution in [0.4, 0.5) is 0 Å². The fourth-order valence-corrected chi connectivity index (χ4v) is 5.57. The Morgan fingerprint density at radius 2 is 1.33 bits per heavy atom. The van der Waals surface area contributed by atoms with E-state index in [1.165, 1.54) is 18.2 Å². The van der Waals surface area contributed by atoms with Crippen molar-refractivity contribution < 1.29 is 28.2 Å². The minimum Gasteiger partial charge on any atom is -0.481 e. The van der Waals surface area contributed by atoms with Crippen LogP contribution in [0.3, 0.4) is 0 Å². The molecule has 0 spiro atoms. The molecule has 0 saturated heterocycles. The predicted molar refractivity (Wildman–Crippen MR) is 170 cm³/mol. The average molecular weight is 614 g/mol. The number of aromatic nitrogens is 2. The third kappa shape index (κ3) is 10.2. The van der Waals surface area contributed by atoms with Gasteiger partial charge in [0.2, 0.25) is 10.0 Å². The number of carboxylic acids is 2. The lowest BCUT2D eigenvalue weighted by molar-refractivity contribution is -0.148. The fourth-order valence-electron chi connectivity index (χ4n) is 4.80. The number of H-pyrrole nitrogens is 2. The minimum atomic E-state index is -3.23. The molecule has 1 atom stereocenters. The summed E-state index contributed by atoms with van der Waals surface area (Å²) in [4.78, 5) is 32.7. The van der Waals surface area contributed by atoms with Crippen LogP contribution in [0.5, 0.6) is 0 Å². The number of aromatic amines is 2. The second kappa shape index (κ2) is 15.1. The van der Waals surface area contributed by atoms with E-state index in [9.17, 15) is 23.1 Å². The van der Waals surface area contributed by atoms with Gasteiger partial charge in [-0.3, -0.25) is 9.59 Å². The molecule has 0 amide bonds. The van der Waals surface area contributed by atoms with E-state index < -0.39 is 27.9 Å². The normalized spacial score (nSPS) is 12.5. The molecule has 2 aromatic carbocycles. The van der Waals surface area contributed by atoms with E-state index in [1.54, 1.807) is 0 Å². The highest BCUT2D eigenvalue weighted by Crippen LogP contribution is 2.24. The van der Waals surface area contributed by atoms with E-state index in [-0.39, 0.29) is 18.6 Å². The molecule has 234 valence electrons. The van der Waals surface area contributed by atoms with Crippen molar-refractivity contribution in [2.24, 2.45) is 5.92 Å². The van der Waals surface area contributed by atoms with Gasteiger partial charge in [0.15, 0.2) is 0 Å². The highest BCUT2D eigenvalue weighted by molar-refractivity contribution is 7.88. The molecule has 0 aliphatic rings. The average Bonchev–Trinajstić information content (AvgIpc) is 3.53. The summed E-state index contributed by atoms with van der Waals surface area (Å²) in [5.74, 6) is -3.06. The Morgan fingerprint density at radius 1 is 0.837 bits per heavy atom. The van der Waals surface area contributed by atoms with Crippen molar-refractivity contribution in [1.82, 2.24) is 24.5 Å². The minimum absolute atomic E-state index is 0.0116. The Hall–Kier alpha value is -3.71. The number of nitrogens with zero attached hydrogens (tertiary/aromatic N) is 2. The molecule has 4 aromatic rings. The lowest BCUT2D eigenvalue weighted by Gasteiger charge is -2.11. The maximum Gasteiger partial charge on any atom is 0.307 e. The van der Waals surface area contributed by atoms with Crippen molar-refractivity contribution in [3.63, 3.8) is 0 Å². The van der Waals surface area contributed by atoms with Gasteiger partial charge in [-0.25, -0.2) is 13.1 Å². The third-order valence-corrected chi connectivity index (χ3v) is 8.58. The number of benzene rings is 2. The number of carboxylic acid groups (broad SMARTS) is 2. The summed E-state index contributed by atoms with van der Waals surface area (Å²) in [6.07, 6.45) is 5.67. The molecule has 2 heterocycles. The molecule has 5 N–H and O–H groups in total. The second-order valence-electron chi connectivity index (χ2n) is 11.3. The van der Waals surface area contributed by atoms with Crippen LogP contribution >= 0.6 is 0 Å². The third-order valence-electron chi connectivity index (χ3n) is 7.24. The number of aliphatic carboxylic acids is 2. The van der Waals surface area contributed by atoms with Gasteiger partial charge in [-0.15, -0.1) is 0 Å². The standard InChI is InChI=1S/C17H22N2O4.C14H21N3O2S/c1-19(2)6-5-12-10-18-15-4-3-11(8-14(12)15)7-13(17(22)23)9-16(20)21;1-15-20(18,19)10-11-4-5-14-13(8-11)12(9-16-14)6-7-17(2)3/h3-4,8,10,13,18H,5-7,9H2,1-2H3,(H,20,21)(H,22,23);4-5,8-9,15-16H,6-7,10H2,1-3H3. The van der Waals surface area contributed by atoms with E-state index in [2.05, 4.69) is 24.5 Å². The molecule has 12 heteroatoms. The number of hydrogen-bond donors (Lipinski definition) is 5. The summed E-state index contributed by atoms with van der Waals surface area (Å²) in [5, 5.41) is 20.2. The zero-order chi connectivity index (χ0) is 31.7. The fraction of sp³-hybridized carbons (Fsp3) is 0.419. The summed E-state index contributed by atoms with van der Waals surface area (Å²) in [6, 6.07) is 11.5. The molecule has 0 radical (unpaired) electrons. The van der Waals surface area contributed by atoms with Gasteiger partial charge in [-0.05, 0) is 101 Å². The number of likely N-dealkylation sites (N-methyl/N-ethyl adjacent to an activating group) is 2. The number of hydrogen-bond acceptors (Lipinski definition) is 6. The Labute approximate surface area is 252 Å². The summed E-state index contributed by atoms with van der Waals surface area (Å²) in [6.45, 7) is 1.89. The molecule has 0 fully saturated rings. The lowest BCUT2D eigenvalue weighted by atomic mass is 9.95. The maximum absolute atomic E-state index is 11.6. The summed E-state index contributed by atoms with van der Waals surface area (Å²) in [5.41, 5.74) is 6.10. The van der Waals surface area contributed by atoms with Crippen LogP contribution in [-0.4, -0.2) is 98.7 Å². The van der Waals surface area contributed by atoms with E-state index in [0.29, 0.717) is 0 Å². The van der Waals surface area contributed by atoms with Gasteiger partial charge < -0.3 is 30.0 Å². The first-order valence-electron chi connectivity index (χ1n) is 14.1. The van der Waals surface area contributed by atoms with Gasteiger partial charge in [-0.2, -0.15) is 0 Å². The molecule has 43 heavy (non-hydrogen) atoms. The van der Waals surface area contributed by atoms with Crippen molar-refractivity contribution >= 4 is 43.8 Å². The van der Waals surface area contributed by atoms with Crippen molar-refractivity contribution in [1.29, 1.82) is 0 Å². The van der Waals surface area contributed by atoms with Crippen molar-refractivity contribution in [2.75, 3.05) is 48.3 Å². The molecule has 4 rings (SSSR count). The monoisotopic (exact) mass is 613 g/mol. The van der Waals surface area contributed by atoms with Gasteiger partial charge in [0.1, 0.15) is 0 Å². The van der Waals surface area contributed by atoms with Crippen LogP contribution in [-0.2, 0) is 44.6 Å². The first kappa shape index (κ1) is 33.8. The molecule has 0 bridgehead atoms. The van der Waals surface area contributed by atoms with Crippen LogP contribution in [0.25, 0.3) is 21.8 Å². The maximum atomic E-state index is 11.6. The number of rotatable bonds is 14. The molecule has 11 nitrogen and oxygen atoms in total. The van der Waals surface area contributed by atoms with Gasteiger partial charge in [-0.1, -0.05) is 12.1 Å². The largest absolute Gasteiger partial charge is 0.481 e. The first-order chi connectivity index (χ1) is 20.3. The Balaban J connectivity index is 0.000000238. The number of nitrogens with one attached hydrogen (secondary N) is 3. The van der Waals surface area contributed by atoms with E-state index in [1.807, 2.05) is 77.0 Å². The van der Waals surface area contributed by atoms with E-state index in [4.69, 9.17) is 5.11 Å². The van der Waals surface area contributed by atoms with Gasteiger partial charge >= 0.3 is 11.9 Å². The van der Waals surface area contributed by atoms with Crippen LogP contribution < -0.4 is 4.72 Å². The Kier molecular flexibility index (Phi) is 11.9. The van der Waals surface area contributed by atoms with Crippen LogP contribution in [0, 0.1) is 5.92 Å². The number of carbonyl (C=O) groups is 2. The molecule has 1 unspecified atom stereocenters. The molecular formula is C31H43N5O6S. The highest BCUT2D eigenvalue weighted by atomic mass is 32.2. The topological polar surface area (TPSA) is 159 Å². The number of fused-ring (bicyclic) bond motifs is 2. The summed E-state index contributed by atoms with van der Waals surface area (Å²) < 4.78 is 25.6. The molecule has 0 aliphatic carbocycles. The summed E-state index contributed by atoms with van der Waals surface area (Å²) in [7, 11) is 6.32. The molecular weight excluding hydrogens is 570 g/mol. The molecule has 2 aromatic heterocycles. The van der Waals surface area contributed by atoms with Crippen molar-refractivity contribution in [3.8, 4) is 0 Å². The smallest absolute Gasteiger partial charge is 0.307 e. The zero-order valence-electron chi connectivity index (χ0n) is 25.5. The summed E-state index contributed by atoms with van der Waals surface area (Å²) >= 11 is 0. The van der Waals surface area contributed by atoms with Gasteiger partial charge in [0, 0.05) is 47.3 Å². The molecule has 0 aliphatic heterocycles. The predicted octanol–water partition coefficient (Wildman–Crippen LogP) is 3.31. The van der Waals surface area contributed by atoms with Gasteiger partial charge in [0.25, 0.3) is 0 Å². The van der Waals surface area contributed by atoms with Crippen LogP contribution in [0.1, 0.15) is 28.7 Å². The van der Waals surface area contributed by atoms with Crippen molar-refractivity contribution in [2.45, 2.75) is 31.4 Å². The van der Waals surface area contributed by atoms with Crippen molar-refractivity contribution in [3.05, 3.63) is 71.0 Å². The lowest BCUT2D eigenvalue weighted by Crippen LogP contribution is -2.20. The SMILES string of the molecule is CN(C)CCc1c[nH]c2ccc(CC(CC(=O)O)C(=O)O)cc12.CNS(=O)(=O)Cc1ccc2[nH]cc(CCN(C)C)c2c1. The van der Waals surface area contributed by atoms with Crippen LogP contribution in [0.15, 0.2) is 48.8 Å². The van der Waals surface area contributed by atoms with E-state index >= 15 is 0 Å².